The van der Waals surface area contributed by atoms with Gasteiger partial charge in [0.25, 0.3) is 11.5 Å². The summed E-state index contributed by atoms with van der Waals surface area (Å²) in [7, 11) is 3.12. The van der Waals surface area contributed by atoms with Crippen molar-refractivity contribution < 1.29 is 9.53 Å². The highest BCUT2D eigenvalue weighted by molar-refractivity contribution is 5.96. The third-order valence-electron chi connectivity index (χ3n) is 6.00. The molecule has 0 spiro atoms. The van der Waals surface area contributed by atoms with Gasteiger partial charge in [0.1, 0.15) is 17.9 Å². The molecule has 4 heterocycles. The lowest BCUT2D eigenvalue weighted by molar-refractivity contribution is 0.0778. The number of carbonyl (C=O) groups excluding carboxylic acids is 1. The molecule has 0 radical (unpaired) electrons. The maximum absolute atomic E-state index is 13.1. The highest BCUT2D eigenvalue weighted by Crippen LogP contribution is 2.35. The standard InChI is InChI=1S/C21H27N5O3/c1-13(2)17-5-19(23-12-22-17)25-7-14-9-26(10-15(14)8-25)21(28)16-11-24(3)20(27)6-18(16)29-4/h5-6,11-15H,7-10H2,1-4H3. The van der Waals surface area contributed by atoms with Crippen LogP contribution in [0.3, 0.4) is 0 Å². The van der Waals surface area contributed by atoms with Gasteiger partial charge in [0.15, 0.2) is 0 Å². The van der Waals surface area contributed by atoms with E-state index in [1.165, 1.54) is 17.7 Å². The summed E-state index contributed by atoms with van der Waals surface area (Å²) in [5.41, 5.74) is 1.28. The number of pyridine rings is 1. The smallest absolute Gasteiger partial charge is 0.259 e. The van der Waals surface area contributed by atoms with Crippen molar-refractivity contribution in [2.45, 2.75) is 19.8 Å². The van der Waals surface area contributed by atoms with Gasteiger partial charge in [-0.2, -0.15) is 0 Å². The minimum atomic E-state index is -0.196. The Balaban J connectivity index is 1.47. The fourth-order valence-corrected chi connectivity index (χ4v) is 4.31. The van der Waals surface area contributed by atoms with Crippen LogP contribution in [0.5, 0.6) is 5.75 Å². The number of hydrogen-bond donors (Lipinski definition) is 0. The number of anilines is 1. The van der Waals surface area contributed by atoms with Crippen molar-refractivity contribution in [3.8, 4) is 5.75 Å². The van der Waals surface area contributed by atoms with Gasteiger partial charge in [-0.15, -0.1) is 0 Å². The molecule has 8 nitrogen and oxygen atoms in total. The quantitative estimate of drug-likeness (QED) is 0.778. The lowest BCUT2D eigenvalue weighted by Gasteiger charge is -2.23. The van der Waals surface area contributed by atoms with Crippen LogP contribution in [-0.4, -0.2) is 58.6 Å². The molecule has 29 heavy (non-hydrogen) atoms. The van der Waals surface area contributed by atoms with Crippen LogP contribution in [-0.2, 0) is 7.05 Å². The van der Waals surface area contributed by atoms with Crippen molar-refractivity contribution in [1.29, 1.82) is 0 Å². The van der Waals surface area contributed by atoms with Crippen molar-refractivity contribution >= 4 is 11.7 Å². The van der Waals surface area contributed by atoms with E-state index in [1.54, 1.807) is 19.6 Å². The second-order valence-electron chi connectivity index (χ2n) is 8.30. The molecule has 8 heteroatoms. The molecule has 0 aromatic carbocycles. The normalized spacial score (nSPS) is 21.0. The van der Waals surface area contributed by atoms with Gasteiger partial charge in [-0.05, 0) is 5.92 Å². The Morgan fingerprint density at radius 2 is 1.83 bits per heavy atom. The molecule has 2 aliphatic rings. The second-order valence-corrected chi connectivity index (χ2v) is 8.30. The number of fused-ring (bicyclic) bond motifs is 1. The number of carbonyl (C=O) groups is 1. The van der Waals surface area contributed by atoms with Crippen molar-refractivity contribution in [3.05, 3.63) is 46.3 Å². The van der Waals surface area contributed by atoms with E-state index in [-0.39, 0.29) is 11.5 Å². The molecule has 2 fully saturated rings. The summed E-state index contributed by atoms with van der Waals surface area (Å²) >= 11 is 0. The first kappa shape index (κ1) is 19.4. The Kier molecular flexibility index (Phi) is 5.02. The maximum Gasteiger partial charge on any atom is 0.259 e. The highest BCUT2D eigenvalue weighted by atomic mass is 16.5. The van der Waals surface area contributed by atoms with Gasteiger partial charge in [0, 0.05) is 69.1 Å². The van der Waals surface area contributed by atoms with Crippen LogP contribution in [0.25, 0.3) is 0 Å². The van der Waals surface area contributed by atoms with E-state index in [2.05, 4.69) is 34.8 Å². The van der Waals surface area contributed by atoms with E-state index < -0.39 is 0 Å². The average Bonchev–Trinajstić information content (AvgIpc) is 3.28. The van der Waals surface area contributed by atoms with Gasteiger partial charge in [0.05, 0.1) is 12.7 Å². The zero-order chi connectivity index (χ0) is 20.7. The van der Waals surface area contributed by atoms with E-state index in [0.717, 1.165) is 24.6 Å². The van der Waals surface area contributed by atoms with Crippen LogP contribution in [0, 0.1) is 11.8 Å². The predicted molar refractivity (Wildman–Crippen MR) is 109 cm³/mol. The van der Waals surface area contributed by atoms with E-state index in [0.29, 0.717) is 42.2 Å². The molecule has 1 amide bonds. The molecule has 2 aliphatic heterocycles. The van der Waals surface area contributed by atoms with Gasteiger partial charge in [-0.3, -0.25) is 9.59 Å². The molecule has 0 bridgehead atoms. The Bertz CT molecular complexity index is 973. The molecule has 2 atom stereocenters. The van der Waals surface area contributed by atoms with E-state index in [9.17, 15) is 9.59 Å². The first-order valence-electron chi connectivity index (χ1n) is 9.98. The number of aryl methyl sites for hydroxylation is 1. The van der Waals surface area contributed by atoms with Crippen LogP contribution >= 0.6 is 0 Å². The molecule has 2 saturated heterocycles. The number of likely N-dealkylation sites (tertiary alicyclic amines) is 1. The molecule has 0 saturated carbocycles. The lowest BCUT2D eigenvalue weighted by atomic mass is 10.0. The van der Waals surface area contributed by atoms with Gasteiger partial charge in [-0.1, -0.05) is 13.8 Å². The van der Waals surface area contributed by atoms with Crippen molar-refractivity contribution in [3.63, 3.8) is 0 Å². The van der Waals surface area contributed by atoms with Gasteiger partial charge in [-0.25, -0.2) is 9.97 Å². The molecular formula is C21H27N5O3. The maximum atomic E-state index is 13.1. The Hall–Kier alpha value is -2.90. The zero-order valence-corrected chi connectivity index (χ0v) is 17.3. The van der Waals surface area contributed by atoms with Crippen LogP contribution in [0.15, 0.2) is 29.5 Å². The number of ether oxygens (including phenoxy) is 1. The number of hydrogen-bond acceptors (Lipinski definition) is 6. The topological polar surface area (TPSA) is 80.6 Å². The van der Waals surface area contributed by atoms with Crippen molar-refractivity contribution in [1.82, 2.24) is 19.4 Å². The highest BCUT2D eigenvalue weighted by Gasteiger charge is 2.42. The van der Waals surface area contributed by atoms with Gasteiger partial charge >= 0.3 is 0 Å². The summed E-state index contributed by atoms with van der Waals surface area (Å²) in [6, 6.07) is 3.44. The SMILES string of the molecule is COc1cc(=O)n(C)cc1C(=O)N1CC2CN(c3cc(C(C)C)ncn3)CC2C1. The fourth-order valence-electron chi connectivity index (χ4n) is 4.31. The summed E-state index contributed by atoms with van der Waals surface area (Å²) in [5.74, 6) is 2.41. The van der Waals surface area contributed by atoms with Crippen LogP contribution in [0.4, 0.5) is 5.82 Å². The first-order valence-corrected chi connectivity index (χ1v) is 9.98. The van der Waals surface area contributed by atoms with Crippen LogP contribution < -0.4 is 15.2 Å². The zero-order valence-electron chi connectivity index (χ0n) is 17.3. The minimum Gasteiger partial charge on any atom is -0.496 e. The van der Waals surface area contributed by atoms with E-state index in [1.807, 2.05) is 4.90 Å². The molecule has 4 rings (SSSR count). The molecular weight excluding hydrogens is 370 g/mol. The minimum absolute atomic E-state index is 0.0810. The molecule has 2 aromatic rings. The second kappa shape index (κ2) is 7.50. The van der Waals surface area contributed by atoms with Crippen molar-refractivity contribution in [2.24, 2.45) is 18.9 Å². The first-order chi connectivity index (χ1) is 13.9. The summed E-state index contributed by atoms with van der Waals surface area (Å²) in [5, 5.41) is 0. The number of nitrogens with zero attached hydrogens (tertiary/aromatic N) is 5. The number of rotatable bonds is 4. The lowest BCUT2D eigenvalue weighted by Crippen LogP contribution is -2.34. The molecule has 154 valence electrons. The fraction of sp³-hybridized carbons (Fsp3) is 0.524. The molecule has 0 aliphatic carbocycles. The predicted octanol–water partition coefficient (Wildman–Crippen LogP) is 1.52. The largest absolute Gasteiger partial charge is 0.496 e. The van der Waals surface area contributed by atoms with Gasteiger partial charge < -0.3 is 19.1 Å². The third-order valence-corrected chi connectivity index (χ3v) is 6.00. The van der Waals surface area contributed by atoms with Gasteiger partial charge in [0.2, 0.25) is 0 Å². The average molecular weight is 397 g/mol. The van der Waals surface area contributed by atoms with E-state index >= 15 is 0 Å². The monoisotopic (exact) mass is 397 g/mol. The molecule has 2 aromatic heterocycles. The number of methoxy groups -OCH3 is 1. The summed E-state index contributed by atoms with van der Waals surface area (Å²) < 4.78 is 6.69. The summed E-state index contributed by atoms with van der Waals surface area (Å²) in [6.45, 7) is 7.42. The Labute approximate surface area is 170 Å². The summed E-state index contributed by atoms with van der Waals surface area (Å²) in [4.78, 5) is 37.9. The summed E-state index contributed by atoms with van der Waals surface area (Å²) in [6.07, 6.45) is 3.21. The number of aromatic nitrogens is 3. The number of amides is 1. The van der Waals surface area contributed by atoms with E-state index in [4.69, 9.17) is 4.74 Å². The Morgan fingerprint density at radius 3 is 2.45 bits per heavy atom. The van der Waals surface area contributed by atoms with Crippen LogP contribution in [0.1, 0.15) is 35.8 Å². The molecule has 0 N–H and O–H groups in total. The third kappa shape index (κ3) is 3.59. The van der Waals surface area contributed by atoms with Crippen LogP contribution in [0.2, 0.25) is 0 Å². The van der Waals surface area contributed by atoms with Crippen molar-refractivity contribution in [2.75, 3.05) is 38.2 Å². The Morgan fingerprint density at radius 1 is 1.14 bits per heavy atom. The molecule has 2 unspecified atom stereocenters.